The van der Waals surface area contributed by atoms with Crippen molar-refractivity contribution in [3.63, 3.8) is 0 Å². The fourth-order valence-corrected chi connectivity index (χ4v) is 2.73. The molecule has 5 nitrogen and oxygen atoms in total. The summed E-state index contributed by atoms with van der Waals surface area (Å²) in [6.07, 6.45) is 1.91. The topological polar surface area (TPSA) is 79.4 Å². The van der Waals surface area contributed by atoms with Crippen molar-refractivity contribution < 1.29 is 9.53 Å². The molecule has 0 amide bonds. The Kier molecular flexibility index (Phi) is 5.87. The molecule has 94 valence electrons. The Morgan fingerprint density at radius 1 is 1.71 bits per heavy atom. The smallest absolute Gasteiger partial charge is 0.351 e. The maximum atomic E-state index is 11.5. The van der Waals surface area contributed by atoms with Crippen LogP contribution in [0.4, 0.5) is 0 Å². The Morgan fingerprint density at radius 2 is 2.47 bits per heavy atom. The summed E-state index contributed by atoms with van der Waals surface area (Å²) < 4.78 is 4.63. The van der Waals surface area contributed by atoms with Gasteiger partial charge in [0, 0.05) is 18.8 Å². The lowest BCUT2D eigenvalue weighted by molar-refractivity contribution is -0.135. The molecule has 0 saturated carbocycles. The third kappa shape index (κ3) is 3.65. The van der Waals surface area contributed by atoms with Gasteiger partial charge < -0.3 is 15.4 Å². The molecule has 1 rings (SSSR count). The lowest BCUT2D eigenvalue weighted by Gasteiger charge is -2.31. The summed E-state index contributed by atoms with van der Waals surface area (Å²) in [5.41, 5.74) is 5.59. The number of rotatable bonds is 4. The second-order valence-electron chi connectivity index (χ2n) is 3.61. The summed E-state index contributed by atoms with van der Waals surface area (Å²) in [6, 6.07) is 1.94. The number of methoxy groups -OCH3 is 1. The molecule has 1 heterocycles. The van der Waals surface area contributed by atoms with Gasteiger partial charge in [-0.2, -0.15) is 5.26 Å². The quantitative estimate of drug-likeness (QED) is 0.452. The number of hydrogen-bond acceptors (Lipinski definition) is 6. The molecule has 0 aromatic rings. The standard InChI is InChI=1S/C11H17N3O2S/c1-16-11(15)9(8-13)10-14(5-2-4-12)6-3-7-17-10/h2-7,12H2,1H3/b10-9-. The summed E-state index contributed by atoms with van der Waals surface area (Å²) in [5, 5.41) is 9.78. The first-order valence-electron chi connectivity index (χ1n) is 5.55. The highest BCUT2D eigenvalue weighted by atomic mass is 32.2. The number of esters is 1. The van der Waals surface area contributed by atoms with Gasteiger partial charge in [-0.15, -0.1) is 11.8 Å². The van der Waals surface area contributed by atoms with Crippen LogP contribution < -0.4 is 5.73 Å². The third-order valence-corrected chi connectivity index (χ3v) is 3.67. The molecule has 6 heteroatoms. The van der Waals surface area contributed by atoms with Crippen LogP contribution in [0.15, 0.2) is 10.6 Å². The van der Waals surface area contributed by atoms with Crippen molar-refractivity contribution in [2.75, 3.05) is 32.5 Å². The van der Waals surface area contributed by atoms with Gasteiger partial charge in [0.2, 0.25) is 0 Å². The van der Waals surface area contributed by atoms with Gasteiger partial charge in [0.05, 0.1) is 12.1 Å². The first-order valence-corrected chi connectivity index (χ1v) is 6.53. The van der Waals surface area contributed by atoms with Crippen LogP contribution in [-0.2, 0) is 9.53 Å². The Labute approximate surface area is 106 Å². The molecule has 1 aliphatic rings. The van der Waals surface area contributed by atoms with Crippen LogP contribution in [0, 0.1) is 11.3 Å². The predicted octanol–water partition coefficient (Wildman–Crippen LogP) is 0.682. The number of nitrogens with zero attached hydrogens (tertiary/aromatic N) is 2. The van der Waals surface area contributed by atoms with Crippen LogP contribution in [0.3, 0.4) is 0 Å². The Morgan fingerprint density at radius 3 is 3.06 bits per heavy atom. The number of carbonyl (C=O) groups excluding carboxylic acids is 1. The number of nitriles is 1. The van der Waals surface area contributed by atoms with Gasteiger partial charge in [-0.3, -0.25) is 0 Å². The van der Waals surface area contributed by atoms with Gasteiger partial charge >= 0.3 is 5.97 Å². The van der Waals surface area contributed by atoms with E-state index in [4.69, 9.17) is 11.0 Å². The second-order valence-corrected chi connectivity index (χ2v) is 4.70. The molecular weight excluding hydrogens is 238 g/mol. The van der Waals surface area contributed by atoms with E-state index < -0.39 is 5.97 Å². The lowest BCUT2D eigenvalue weighted by Crippen LogP contribution is -2.31. The Balaban J connectivity index is 2.91. The number of carbonyl (C=O) groups is 1. The zero-order valence-electron chi connectivity index (χ0n) is 9.94. The van der Waals surface area contributed by atoms with Crippen molar-refractivity contribution in [2.24, 2.45) is 5.73 Å². The highest BCUT2D eigenvalue weighted by Gasteiger charge is 2.23. The van der Waals surface area contributed by atoms with Gasteiger partial charge in [-0.05, 0) is 19.4 Å². The molecule has 0 unspecified atom stereocenters. The molecule has 2 N–H and O–H groups in total. The van der Waals surface area contributed by atoms with Crippen molar-refractivity contribution in [1.82, 2.24) is 4.90 Å². The van der Waals surface area contributed by atoms with E-state index in [1.807, 2.05) is 6.07 Å². The van der Waals surface area contributed by atoms with E-state index in [1.165, 1.54) is 18.9 Å². The maximum Gasteiger partial charge on any atom is 0.351 e. The van der Waals surface area contributed by atoms with E-state index in [9.17, 15) is 4.79 Å². The largest absolute Gasteiger partial charge is 0.465 e. The molecule has 0 aliphatic carbocycles. The Bertz CT molecular complexity index is 349. The first kappa shape index (κ1) is 13.9. The number of hydrogen-bond donors (Lipinski definition) is 1. The van der Waals surface area contributed by atoms with E-state index in [1.54, 1.807) is 0 Å². The molecule has 0 spiro atoms. The van der Waals surface area contributed by atoms with Crippen LogP contribution in [0.25, 0.3) is 0 Å². The number of ether oxygens (including phenoxy) is 1. The SMILES string of the molecule is COC(=O)/C(C#N)=C1\SCCCN1CCCN. The van der Waals surface area contributed by atoms with Crippen molar-refractivity contribution in [3.8, 4) is 6.07 Å². The monoisotopic (exact) mass is 255 g/mol. The van der Waals surface area contributed by atoms with E-state index in [0.717, 1.165) is 36.7 Å². The Hall–Kier alpha value is -1.19. The first-order chi connectivity index (χ1) is 8.24. The van der Waals surface area contributed by atoms with Gasteiger partial charge in [0.25, 0.3) is 0 Å². The van der Waals surface area contributed by atoms with Crippen LogP contribution in [0.1, 0.15) is 12.8 Å². The third-order valence-electron chi connectivity index (χ3n) is 2.45. The van der Waals surface area contributed by atoms with Gasteiger partial charge in [0.1, 0.15) is 6.07 Å². The molecule has 1 fully saturated rings. The molecule has 0 aromatic carbocycles. The summed E-state index contributed by atoms with van der Waals surface area (Å²) in [4.78, 5) is 13.5. The fraction of sp³-hybridized carbons (Fsp3) is 0.636. The molecular formula is C11H17N3O2S. The molecule has 0 aromatic heterocycles. The van der Waals surface area contributed by atoms with Crippen LogP contribution in [0.2, 0.25) is 0 Å². The van der Waals surface area contributed by atoms with Crippen molar-refractivity contribution in [1.29, 1.82) is 5.26 Å². The highest BCUT2D eigenvalue weighted by Crippen LogP contribution is 2.30. The number of nitrogens with two attached hydrogens (primary N) is 1. The van der Waals surface area contributed by atoms with E-state index in [0.29, 0.717) is 6.54 Å². The molecule has 1 saturated heterocycles. The van der Waals surface area contributed by atoms with Crippen molar-refractivity contribution in [2.45, 2.75) is 12.8 Å². The second kappa shape index (κ2) is 7.20. The summed E-state index contributed by atoms with van der Waals surface area (Å²) in [5.74, 6) is 0.367. The van der Waals surface area contributed by atoms with Crippen LogP contribution in [-0.4, -0.2) is 43.4 Å². The minimum atomic E-state index is -0.561. The van der Waals surface area contributed by atoms with Crippen molar-refractivity contribution in [3.05, 3.63) is 10.6 Å². The molecule has 0 bridgehead atoms. The van der Waals surface area contributed by atoms with Crippen LogP contribution in [0.5, 0.6) is 0 Å². The summed E-state index contributed by atoms with van der Waals surface area (Å²) in [6.45, 7) is 2.25. The van der Waals surface area contributed by atoms with E-state index in [-0.39, 0.29) is 5.57 Å². The number of thioether (sulfide) groups is 1. The van der Waals surface area contributed by atoms with Gasteiger partial charge in [-0.25, -0.2) is 4.79 Å². The lowest BCUT2D eigenvalue weighted by atomic mass is 10.2. The highest BCUT2D eigenvalue weighted by molar-refractivity contribution is 8.03. The van der Waals surface area contributed by atoms with Gasteiger partial charge in [0.15, 0.2) is 5.57 Å². The molecule has 0 atom stereocenters. The zero-order valence-corrected chi connectivity index (χ0v) is 10.8. The van der Waals surface area contributed by atoms with Gasteiger partial charge in [-0.1, -0.05) is 0 Å². The predicted molar refractivity (Wildman–Crippen MR) is 67.0 cm³/mol. The normalized spacial score (nSPS) is 18.5. The zero-order chi connectivity index (χ0) is 12.7. The summed E-state index contributed by atoms with van der Waals surface area (Å²) >= 11 is 1.54. The molecule has 17 heavy (non-hydrogen) atoms. The average Bonchev–Trinajstić information content (AvgIpc) is 2.38. The molecule has 1 aliphatic heterocycles. The van der Waals surface area contributed by atoms with Crippen LogP contribution >= 0.6 is 11.8 Å². The minimum Gasteiger partial charge on any atom is -0.465 e. The summed E-state index contributed by atoms with van der Waals surface area (Å²) in [7, 11) is 1.29. The van der Waals surface area contributed by atoms with Crippen molar-refractivity contribution >= 4 is 17.7 Å². The van der Waals surface area contributed by atoms with E-state index >= 15 is 0 Å². The maximum absolute atomic E-state index is 11.5. The van der Waals surface area contributed by atoms with E-state index in [2.05, 4.69) is 9.64 Å². The molecule has 0 radical (unpaired) electrons. The minimum absolute atomic E-state index is 0.106. The average molecular weight is 255 g/mol. The fourth-order valence-electron chi connectivity index (χ4n) is 1.63.